The van der Waals surface area contributed by atoms with Gasteiger partial charge in [0, 0.05) is 5.33 Å². The van der Waals surface area contributed by atoms with Crippen molar-refractivity contribution in [2.24, 2.45) is 0 Å². The van der Waals surface area contributed by atoms with E-state index in [2.05, 4.69) is 22.5 Å². The monoisotopic (exact) mass is 147 g/mol. The summed E-state index contributed by atoms with van der Waals surface area (Å²) in [5.74, 6) is 0. The van der Waals surface area contributed by atoms with Crippen LogP contribution in [0.25, 0.3) is 0 Å². The lowest BCUT2D eigenvalue weighted by Crippen LogP contribution is -1.68. The molecule has 0 atom stereocenters. The van der Waals surface area contributed by atoms with Crippen molar-refractivity contribution in [2.45, 2.75) is 6.42 Å². The summed E-state index contributed by atoms with van der Waals surface area (Å²) in [5.41, 5.74) is 0. The highest BCUT2D eigenvalue weighted by Crippen LogP contribution is 1.90. The Morgan fingerprint density at radius 1 is 1.67 bits per heavy atom. The Balaban J connectivity index is 2.49. The van der Waals surface area contributed by atoms with Gasteiger partial charge in [-0.25, -0.2) is 0 Å². The number of rotatable bonds is 3. The average molecular weight is 148 g/mol. The molecule has 0 heterocycles. The molecule has 0 aromatic rings. The molecule has 0 amide bonds. The summed E-state index contributed by atoms with van der Waals surface area (Å²) < 4.78 is 0. The smallest absolute Gasteiger partial charge is 0.00371 e. The molecule has 0 bridgehead atoms. The van der Waals surface area contributed by atoms with E-state index in [1.165, 1.54) is 0 Å². The van der Waals surface area contributed by atoms with Crippen LogP contribution in [0, 0.1) is 6.42 Å². The van der Waals surface area contributed by atoms with E-state index in [0.29, 0.717) is 0 Å². The van der Waals surface area contributed by atoms with Crippen molar-refractivity contribution in [3.05, 3.63) is 19.1 Å². The first kappa shape index (κ1) is 6.22. The molecule has 0 N–H and O–H groups in total. The van der Waals surface area contributed by atoms with Gasteiger partial charge in [0.2, 0.25) is 0 Å². The summed E-state index contributed by atoms with van der Waals surface area (Å²) in [6, 6.07) is 0. The molecule has 1 heteroatoms. The van der Waals surface area contributed by atoms with E-state index in [4.69, 9.17) is 0 Å². The van der Waals surface area contributed by atoms with Crippen LogP contribution in [0.2, 0.25) is 0 Å². The van der Waals surface area contributed by atoms with Crippen molar-refractivity contribution in [1.29, 1.82) is 0 Å². The highest BCUT2D eigenvalue weighted by atomic mass is 79.9. The van der Waals surface area contributed by atoms with E-state index in [1.54, 1.807) is 6.08 Å². The third-order valence-electron chi connectivity index (χ3n) is 0.442. The van der Waals surface area contributed by atoms with Crippen molar-refractivity contribution >= 4 is 15.9 Å². The molecule has 0 aliphatic carbocycles. The van der Waals surface area contributed by atoms with Crippen LogP contribution in [-0.2, 0) is 0 Å². The Morgan fingerprint density at radius 3 is 2.50 bits per heavy atom. The van der Waals surface area contributed by atoms with Crippen LogP contribution >= 0.6 is 15.9 Å². The fourth-order valence-corrected chi connectivity index (χ4v) is 0.445. The Hall–Kier alpha value is 0.220. The van der Waals surface area contributed by atoms with Gasteiger partial charge in [0.1, 0.15) is 0 Å². The fourth-order valence-electron chi connectivity index (χ4n) is 0.181. The fraction of sp³-hybridized carbons (Fsp3) is 0.400. The summed E-state index contributed by atoms with van der Waals surface area (Å²) >= 11 is 3.27. The zero-order valence-electron chi connectivity index (χ0n) is 3.65. The SMILES string of the molecule is C=C[CH]CCBr. The van der Waals surface area contributed by atoms with Gasteiger partial charge < -0.3 is 0 Å². The van der Waals surface area contributed by atoms with Gasteiger partial charge in [0.25, 0.3) is 0 Å². The minimum atomic E-state index is 1.04. The number of unbranched alkanes of at least 4 members (excludes halogenated alkanes) is 1. The molecule has 35 valence electrons. The van der Waals surface area contributed by atoms with Crippen LogP contribution in [-0.4, -0.2) is 5.33 Å². The van der Waals surface area contributed by atoms with Crippen molar-refractivity contribution in [2.75, 3.05) is 5.33 Å². The van der Waals surface area contributed by atoms with Crippen molar-refractivity contribution in [1.82, 2.24) is 0 Å². The van der Waals surface area contributed by atoms with Crippen LogP contribution in [0.15, 0.2) is 12.7 Å². The molecular weight excluding hydrogens is 140 g/mol. The normalized spacial score (nSPS) is 8.17. The van der Waals surface area contributed by atoms with Gasteiger partial charge >= 0.3 is 0 Å². The third-order valence-corrected chi connectivity index (χ3v) is 0.900. The maximum Gasteiger partial charge on any atom is 0.00371 e. The molecule has 0 spiro atoms. The Bertz CT molecular complexity index is 32.9. The average Bonchev–Trinajstić information content (AvgIpc) is 1.61. The van der Waals surface area contributed by atoms with Crippen molar-refractivity contribution in [3.8, 4) is 0 Å². The highest BCUT2D eigenvalue weighted by molar-refractivity contribution is 9.09. The van der Waals surface area contributed by atoms with Crippen LogP contribution in [0.4, 0.5) is 0 Å². The number of halogens is 1. The Kier molecular flexibility index (Phi) is 5.41. The third kappa shape index (κ3) is 4.22. The molecule has 0 nitrogen and oxygen atoms in total. The van der Waals surface area contributed by atoms with E-state index in [9.17, 15) is 0 Å². The maximum atomic E-state index is 3.52. The van der Waals surface area contributed by atoms with Gasteiger partial charge in [-0.15, -0.1) is 6.58 Å². The van der Waals surface area contributed by atoms with Crippen molar-refractivity contribution in [3.63, 3.8) is 0 Å². The standard InChI is InChI=1S/C5H8Br/c1-2-3-4-5-6/h2-3H,1,4-5H2. The van der Waals surface area contributed by atoms with Gasteiger partial charge in [-0.3, -0.25) is 0 Å². The van der Waals surface area contributed by atoms with Gasteiger partial charge in [-0.1, -0.05) is 22.0 Å². The maximum absolute atomic E-state index is 3.52. The molecule has 0 aromatic heterocycles. The molecule has 0 aliphatic heterocycles. The molecule has 0 aliphatic rings. The van der Waals surface area contributed by atoms with Crippen molar-refractivity contribution < 1.29 is 0 Å². The van der Waals surface area contributed by atoms with E-state index >= 15 is 0 Å². The second kappa shape index (κ2) is 5.22. The first-order chi connectivity index (χ1) is 2.91. The molecule has 0 aromatic carbocycles. The lowest BCUT2D eigenvalue weighted by atomic mass is 10.3. The Labute approximate surface area is 47.4 Å². The summed E-state index contributed by atoms with van der Waals surface area (Å²) in [6.45, 7) is 3.52. The van der Waals surface area contributed by atoms with E-state index in [1.807, 2.05) is 6.42 Å². The second-order valence-electron chi connectivity index (χ2n) is 0.949. The summed E-state index contributed by atoms with van der Waals surface area (Å²) in [6.07, 6.45) is 4.92. The summed E-state index contributed by atoms with van der Waals surface area (Å²) in [7, 11) is 0. The second-order valence-corrected chi connectivity index (χ2v) is 1.74. The highest BCUT2D eigenvalue weighted by Gasteiger charge is 1.73. The molecule has 0 unspecified atom stereocenters. The minimum absolute atomic E-state index is 1.04. The largest absolute Gasteiger partial charge is 0.103 e. The van der Waals surface area contributed by atoms with E-state index < -0.39 is 0 Å². The summed E-state index contributed by atoms with van der Waals surface area (Å²) in [4.78, 5) is 0. The summed E-state index contributed by atoms with van der Waals surface area (Å²) in [5, 5.41) is 1.04. The molecule has 0 saturated heterocycles. The van der Waals surface area contributed by atoms with Crippen LogP contribution in [0.1, 0.15) is 6.42 Å². The number of allylic oxidation sites excluding steroid dienone is 1. The molecular formula is C5H8Br. The minimum Gasteiger partial charge on any atom is -0.103 e. The number of alkyl halides is 1. The topological polar surface area (TPSA) is 0 Å². The zero-order valence-corrected chi connectivity index (χ0v) is 5.24. The van der Waals surface area contributed by atoms with Gasteiger partial charge in [0.05, 0.1) is 0 Å². The van der Waals surface area contributed by atoms with Crippen LogP contribution in [0.5, 0.6) is 0 Å². The molecule has 0 fully saturated rings. The predicted octanol–water partition coefficient (Wildman–Crippen LogP) is 2.16. The lowest BCUT2D eigenvalue weighted by Gasteiger charge is -1.79. The van der Waals surface area contributed by atoms with Gasteiger partial charge in [-0.2, -0.15) is 0 Å². The molecule has 0 rings (SSSR count). The first-order valence-corrected chi connectivity index (χ1v) is 3.04. The Morgan fingerprint density at radius 2 is 2.33 bits per heavy atom. The number of hydrogen-bond donors (Lipinski definition) is 0. The van der Waals surface area contributed by atoms with E-state index in [-0.39, 0.29) is 0 Å². The molecule has 1 radical (unpaired) electrons. The quantitative estimate of drug-likeness (QED) is 0.425. The van der Waals surface area contributed by atoms with Crippen LogP contribution in [0.3, 0.4) is 0 Å². The van der Waals surface area contributed by atoms with Crippen LogP contribution < -0.4 is 0 Å². The van der Waals surface area contributed by atoms with E-state index in [0.717, 1.165) is 11.8 Å². The lowest BCUT2D eigenvalue weighted by molar-refractivity contribution is 1.18. The first-order valence-electron chi connectivity index (χ1n) is 1.92. The predicted molar refractivity (Wildman–Crippen MR) is 32.9 cm³/mol. The van der Waals surface area contributed by atoms with Gasteiger partial charge in [0.15, 0.2) is 0 Å². The molecule has 0 saturated carbocycles. The van der Waals surface area contributed by atoms with Gasteiger partial charge in [-0.05, 0) is 12.8 Å². The molecule has 6 heavy (non-hydrogen) atoms. The number of hydrogen-bond acceptors (Lipinski definition) is 0. The zero-order chi connectivity index (χ0) is 4.83.